The SMILES string of the molecule is CCc1sc(C(=O)Nc2cc(-c3nnco3)ccc2C)cc1C. The maximum absolute atomic E-state index is 12.5. The second-order valence-electron chi connectivity index (χ2n) is 5.30. The number of carbonyl (C=O) groups is 1. The van der Waals surface area contributed by atoms with E-state index in [0.29, 0.717) is 5.89 Å². The van der Waals surface area contributed by atoms with Crippen LogP contribution in [0.4, 0.5) is 5.69 Å². The number of anilines is 1. The number of aryl methyl sites for hydroxylation is 3. The molecule has 3 aromatic rings. The molecule has 0 spiro atoms. The van der Waals surface area contributed by atoms with Crippen molar-refractivity contribution in [1.29, 1.82) is 0 Å². The second kappa shape index (κ2) is 6.34. The van der Waals surface area contributed by atoms with Gasteiger partial charge in [-0.15, -0.1) is 21.5 Å². The Kier molecular flexibility index (Phi) is 4.25. The van der Waals surface area contributed by atoms with E-state index in [9.17, 15) is 4.79 Å². The summed E-state index contributed by atoms with van der Waals surface area (Å²) in [6.45, 7) is 6.08. The molecule has 2 heterocycles. The molecule has 1 N–H and O–H groups in total. The van der Waals surface area contributed by atoms with Crippen LogP contribution in [0.1, 0.15) is 32.6 Å². The molecular weight excluding hydrogens is 310 g/mol. The number of benzene rings is 1. The number of nitrogens with zero attached hydrogens (tertiary/aromatic N) is 2. The highest BCUT2D eigenvalue weighted by Gasteiger charge is 2.14. The van der Waals surface area contributed by atoms with Gasteiger partial charge in [-0.1, -0.05) is 13.0 Å². The Balaban J connectivity index is 1.86. The molecule has 5 nitrogen and oxygen atoms in total. The van der Waals surface area contributed by atoms with E-state index in [1.807, 2.05) is 38.1 Å². The van der Waals surface area contributed by atoms with Crippen molar-refractivity contribution in [2.75, 3.05) is 5.32 Å². The van der Waals surface area contributed by atoms with Crippen molar-refractivity contribution in [3.8, 4) is 11.5 Å². The fourth-order valence-corrected chi connectivity index (χ4v) is 3.36. The standard InChI is InChI=1S/C17H17N3O2S/c1-4-14-11(3)7-15(23-14)16(21)19-13-8-12(6-5-10(13)2)17-20-18-9-22-17/h5-9H,4H2,1-3H3,(H,19,21). The van der Waals surface area contributed by atoms with Crippen molar-refractivity contribution >= 4 is 22.9 Å². The van der Waals surface area contributed by atoms with Gasteiger partial charge in [-0.05, 0) is 49.6 Å². The predicted octanol–water partition coefficient (Wildman–Crippen LogP) is 4.23. The number of rotatable bonds is 4. The summed E-state index contributed by atoms with van der Waals surface area (Å²) < 4.78 is 5.20. The average Bonchev–Trinajstić information content (AvgIpc) is 3.18. The van der Waals surface area contributed by atoms with Crippen LogP contribution in [0.25, 0.3) is 11.5 Å². The molecule has 118 valence electrons. The first-order valence-corrected chi connectivity index (χ1v) is 8.18. The van der Waals surface area contributed by atoms with Crippen molar-refractivity contribution in [2.24, 2.45) is 0 Å². The lowest BCUT2D eigenvalue weighted by molar-refractivity contribution is 0.103. The van der Waals surface area contributed by atoms with E-state index in [2.05, 4.69) is 22.4 Å². The van der Waals surface area contributed by atoms with Gasteiger partial charge in [0.2, 0.25) is 12.3 Å². The lowest BCUT2D eigenvalue weighted by Crippen LogP contribution is -2.11. The number of thiophene rings is 1. The minimum atomic E-state index is -0.0939. The zero-order valence-electron chi connectivity index (χ0n) is 13.2. The normalized spacial score (nSPS) is 10.7. The molecule has 0 saturated carbocycles. The third kappa shape index (κ3) is 3.17. The Hall–Kier alpha value is -2.47. The summed E-state index contributed by atoms with van der Waals surface area (Å²) in [7, 11) is 0. The summed E-state index contributed by atoms with van der Waals surface area (Å²) >= 11 is 1.54. The maximum Gasteiger partial charge on any atom is 0.265 e. The number of hydrogen-bond donors (Lipinski definition) is 1. The van der Waals surface area contributed by atoms with Crippen molar-refractivity contribution in [3.05, 3.63) is 51.5 Å². The highest BCUT2D eigenvalue weighted by molar-refractivity contribution is 7.14. The molecule has 0 aliphatic heterocycles. The Morgan fingerprint density at radius 1 is 1.26 bits per heavy atom. The van der Waals surface area contributed by atoms with Gasteiger partial charge in [0.1, 0.15) is 0 Å². The first kappa shape index (κ1) is 15.4. The van der Waals surface area contributed by atoms with Crippen LogP contribution in [-0.2, 0) is 6.42 Å². The summed E-state index contributed by atoms with van der Waals surface area (Å²) in [6.07, 6.45) is 2.23. The maximum atomic E-state index is 12.5. The van der Waals surface area contributed by atoms with E-state index in [1.165, 1.54) is 16.8 Å². The topological polar surface area (TPSA) is 68.0 Å². The van der Waals surface area contributed by atoms with Crippen LogP contribution in [0.2, 0.25) is 0 Å². The molecule has 1 aromatic carbocycles. The molecule has 6 heteroatoms. The van der Waals surface area contributed by atoms with Gasteiger partial charge in [-0.25, -0.2) is 0 Å². The highest BCUT2D eigenvalue weighted by atomic mass is 32.1. The van der Waals surface area contributed by atoms with Crippen LogP contribution in [0.5, 0.6) is 0 Å². The van der Waals surface area contributed by atoms with Gasteiger partial charge >= 0.3 is 0 Å². The van der Waals surface area contributed by atoms with Gasteiger partial charge in [-0.3, -0.25) is 4.79 Å². The summed E-state index contributed by atoms with van der Waals surface area (Å²) in [6, 6.07) is 7.60. The molecule has 0 fully saturated rings. The van der Waals surface area contributed by atoms with E-state index in [-0.39, 0.29) is 5.91 Å². The molecule has 0 saturated heterocycles. The van der Waals surface area contributed by atoms with Gasteiger partial charge in [0, 0.05) is 16.1 Å². The van der Waals surface area contributed by atoms with E-state index >= 15 is 0 Å². The van der Waals surface area contributed by atoms with Crippen molar-refractivity contribution in [2.45, 2.75) is 27.2 Å². The lowest BCUT2D eigenvalue weighted by Gasteiger charge is -2.08. The molecule has 0 aliphatic carbocycles. The third-order valence-corrected chi connectivity index (χ3v) is 5.04. The van der Waals surface area contributed by atoms with Crippen molar-refractivity contribution < 1.29 is 9.21 Å². The van der Waals surface area contributed by atoms with Gasteiger partial charge < -0.3 is 9.73 Å². The van der Waals surface area contributed by atoms with Crippen LogP contribution >= 0.6 is 11.3 Å². The summed E-state index contributed by atoms with van der Waals surface area (Å²) in [5, 5.41) is 10.5. The fourth-order valence-electron chi connectivity index (χ4n) is 2.36. The lowest BCUT2D eigenvalue weighted by atomic mass is 10.1. The van der Waals surface area contributed by atoms with Crippen LogP contribution < -0.4 is 5.32 Å². The zero-order chi connectivity index (χ0) is 16.4. The molecule has 0 radical (unpaired) electrons. The zero-order valence-corrected chi connectivity index (χ0v) is 14.0. The fraction of sp³-hybridized carbons (Fsp3) is 0.235. The largest absolute Gasteiger partial charge is 0.423 e. The molecule has 3 rings (SSSR count). The Labute approximate surface area is 138 Å². The van der Waals surface area contributed by atoms with Crippen LogP contribution in [0.15, 0.2) is 35.1 Å². The molecule has 2 aromatic heterocycles. The van der Waals surface area contributed by atoms with E-state index in [0.717, 1.165) is 28.1 Å². The molecule has 23 heavy (non-hydrogen) atoms. The van der Waals surface area contributed by atoms with Gasteiger partial charge in [0.05, 0.1) is 4.88 Å². The van der Waals surface area contributed by atoms with Gasteiger partial charge in [0.15, 0.2) is 0 Å². The first-order valence-electron chi connectivity index (χ1n) is 7.36. The molecule has 1 amide bonds. The summed E-state index contributed by atoms with van der Waals surface area (Å²) in [5.74, 6) is 0.337. The second-order valence-corrected chi connectivity index (χ2v) is 6.43. The number of carbonyl (C=O) groups excluding carboxylic acids is 1. The van der Waals surface area contributed by atoms with Crippen molar-refractivity contribution in [3.63, 3.8) is 0 Å². The Bertz CT molecular complexity index is 838. The first-order chi connectivity index (χ1) is 11.1. The molecule has 0 aliphatic rings. The van der Waals surface area contributed by atoms with E-state index < -0.39 is 0 Å². The van der Waals surface area contributed by atoms with Gasteiger partial charge in [-0.2, -0.15) is 0 Å². The highest BCUT2D eigenvalue weighted by Crippen LogP contribution is 2.26. The van der Waals surface area contributed by atoms with E-state index in [4.69, 9.17) is 4.42 Å². The monoisotopic (exact) mass is 327 g/mol. The average molecular weight is 327 g/mol. The quantitative estimate of drug-likeness (QED) is 0.778. The molecular formula is C17H17N3O2S. The predicted molar refractivity (Wildman–Crippen MR) is 90.9 cm³/mol. The van der Waals surface area contributed by atoms with Crippen LogP contribution in [0.3, 0.4) is 0 Å². The van der Waals surface area contributed by atoms with Gasteiger partial charge in [0.25, 0.3) is 5.91 Å². The number of amides is 1. The summed E-state index contributed by atoms with van der Waals surface area (Å²) in [4.78, 5) is 14.5. The Morgan fingerprint density at radius 3 is 2.74 bits per heavy atom. The number of aromatic nitrogens is 2. The minimum absolute atomic E-state index is 0.0939. The Morgan fingerprint density at radius 2 is 2.09 bits per heavy atom. The smallest absolute Gasteiger partial charge is 0.265 e. The van der Waals surface area contributed by atoms with E-state index in [1.54, 1.807) is 11.3 Å². The number of hydrogen-bond acceptors (Lipinski definition) is 5. The van der Waals surface area contributed by atoms with Crippen molar-refractivity contribution in [1.82, 2.24) is 10.2 Å². The molecule has 0 bridgehead atoms. The molecule has 0 unspecified atom stereocenters. The minimum Gasteiger partial charge on any atom is -0.423 e. The third-order valence-electron chi connectivity index (χ3n) is 3.66. The number of nitrogens with one attached hydrogen (secondary N) is 1. The molecule has 0 atom stereocenters. The summed E-state index contributed by atoms with van der Waals surface area (Å²) in [5.41, 5.74) is 3.67. The van der Waals surface area contributed by atoms with Crippen LogP contribution in [0, 0.1) is 13.8 Å². The van der Waals surface area contributed by atoms with Crippen LogP contribution in [-0.4, -0.2) is 16.1 Å².